The van der Waals surface area contributed by atoms with Crippen molar-refractivity contribution < 1.29 is 14.3 Å². The summed E-state index contributed by atoms with van der Waals surface area (Å²) in [6.45, 7) is 0. The minimum Gasteiger partial charge on any atom is -0.497 e. The number of rotatable bonds is 3. The molecule has 0 N–H and O–H groups in total. The fourth-order valence-corrected chi connectivity index (χ4v) is 2.26. The van der Waals surface area contributed by atoms with Crippen molar-refractivity contribution in [3.63, 3.8) is 0 Å². The Balaban J connectivity index is 1.95. The van der Waals surface area contributed by atoms with Crippen LogP contribution in [0.15, 0.2) is 54.7 Å². The lowest BCUT2D eigenvalue weighted by Crippen LogP contribution is -2.09. The maximum Gasteiger partial charge on any atom is 0.343 e. The first-order valence-electron chi connectivity index (χ1n) is 6.58. The standard InChI is InChI=1S/C17H12ClNO3/c1-21-13-4-2-3-11(9-13)17(20)22-16-7-8-19-15-6-5-12(18)10-14(15)16/h2-10H,1H3. The number of hydrogen-bond acceptors (Lipinski definition) is 4. The van der Waals surface area contributed by atoms with Gasteiger partial charge in [0, 0.05) is 16.6 Å². The Morgan fingerprint density at radius 1 is 1.14 bits per heavy atom. The van der Waals surface area contributed by atoms with Crippen molar-refractivity contribution in [1.82, 2.24) is 4.98 Å². The van der Waals surface area contributed by atoms with Crippen LogP contribution >= 0.6 is 11.6 Å². The van der Waals surface area contributed by atoms with Gasteiger partial charge in [-0.25, -0.2) is 4.79 Å². The second-order valence-electron chi connectivity index (χ2n) is 4.59. The van der Waals surface area contributed by atoms with Gasteiger partial charge in [-0.3, -0.25) is 4.98 Å². The van der Waals surface area contributed by atoms with Crippen molar-refractivity contribution in [2.75, 3.05) is 7.11 Å². The van der Waals surface area contributed by atoms with E-state index in [4.69, 9.17) is 21.1 Å². The number of methoxy groups -OCH3 is 1. The molecule has 5 heteroatoms. The predicted molar refractivity (Wildman–Crippen MR) is 84.7 cm³/mol. The Labute approximate surface area is 132 Å². The number of pyridine rings is 1. The lowest BCUT2D eigenvalue weighted by Gasteiger charge is -2.08. The van der Waals surface area contributed by atoms with Gasteiger partial charge in [0.1, 0.15) is 11.5 Å². The summed E-state index contributed by atoms with van der Waals surface area (Å²) in [5, 5.41) is 1.24. The second kappa shape index (κ2) is 6.03. The zero-order chi connectivity index (χ0) is 15.5. The molecule has 0 saturated carbocycles. The maximum atomic E-state index is 12.3. The molecule has 0 fully saturated rings. The molecule has 0 amide bonds. The van der Waals surface area contributed by atoms with Crippen LogP contribution in [0.25, 0.3) is 10.9 Å². The molecule has 4 nitrogen and oxygen atoms in total. The largest absolute Gasteiger partial charge is 0.497 e. The number of benzene rings is 2. The molecular formula is C17H12ClNO3. The Bertz CT molecular complexity index is 848. The van der Waals surface area contributed by atoms with Crippen LogP contribution in [0, 0.1) is 0 Å². The van der Waals surface area contributed by atoms with E-state index < -0.39 is 5.97 Å². The van der Waals surface area contributed by atoms with Gasteiger partial charge in [-0.2, -0.15) is 0 Å². The lowest BCUT2D eigenvalue weighted by molar-refractivity contribution is 0.0736. The molecule has 0 radical (unpaired) electrons. The number of aromatic nitrogens is 1. The molecule has 0 spiro atoms. The van der Waals surface area contributed by atoms with Crippen LogP contribution in [0.3, 0.4) is 0 Å². The lowest BCUT2D eigenvalue weighted by atomic mass is 10.2. The van der Waals surface area contributed by atoms with Crippen LogP contribution < -0.4 is 9.47 Å². The van der Waals surface area contributed by atoms with Gasteiger partial charge in [0.05, 0.1) is 18.2 Å². The first-order chi connectivity index (χ1) is 10.7. The van der Waals surface area contributed by atoms with Crippen LogP contribution in [0.4, 0.5) is 0 Å². The van der Waals surface area contributed by atoms with Gasteiger partial charge in [0.2, 0.25) is 0 Å². The third-order valence-electron chi connectivity index (χ3n) is 3.17. The molecule has 0 aliphatic rings. The summed E-state index contributed by atoms with van der Waals surface area (Å²) < 4.78 is 10.6. The first-order valence-corrected chi connectivity index (χ1v) is 6.95. The van der Waals surface area contributed by atoms with E-state index in [1.165, 1.54) is 0 Å². The summed E-state index contributed by atoms with van der Waals surface area (Å²) in [4.78, 5) is 16.5. The minimum atomic E-state index is -0.466. The molecule has 1 heterocycles. The zero-order valence-electron chi connectivity index (χ0n) is 11.7. The molecule has 1 aromatic heterocycles. The van der Waals surface area contributed by atoms with E-state index in [2.05, 4.69) is 4.98 Å². The van der Waals surface area contributed by atoms with Crippen molar-refractivity contribution in [3.05, 3.63) is 65.3 Å². The van der Waals surface area contributed by atoms with Crippen molar-refractivity contribution in [2.45, 2.75) is 0 Å². The van der Waals surface area contributed by atoms with Crippen LogP contribution in [-0.2, 0) is 0 Å². The molecule has 0 atom stereocenters. The Morgan fingerprint density at radius 2 is 2.00 bits per heavy atom. The summed E-state index contributed by atoms with van der Waals surface area (Å²) >= 11 is 6.00. The number of ether oxygens (including phenoxy) is 2. The molecule has 0 aliphatic heterocycles. The third kappa shape index (κ3) is 2.87. The van der Waals surface area contributed by atoms with E-state index in [1.54, 1.807) is 61.8 Å². The van der Waals surface area contributed by atoms with Crippen LogP contribution in [-0.4, -0.2) is 18.1 Å². The van der Waals surface area contributed by atoms with Crippen molar-refractivity contribution >= 4 is 28.5 Å². The number of halogens is 1. The number of fused-ring (bicyclic) bond motifs is 1. The van der Waals surface area contributed by atoms with Gasteiger partial charge >= 0.3 is 5.97 Å². The van der Waals surface area contributed by atoms with E-state index in [0.717, 1.165) is 0 Å². The van der Waals surface area contributed by atoms with Crippen molar-refractivity contribution in [2.24, 2.45) is 0 Å². The average Bonchev–Trinajstić information content (AvgIpc) is 2.55. The number of hydrogen-bond donors (Lipinski definition) is 0. The fourth-order valence-electron chi connectivity index (χ4n) is 2.09. The monoisotopic (exact) mass is 313 g/mol. The summed E-state index contributed by atoms with van der Waals surface area (Å²) in [6.07, 6.45) is 1.59. The van der Waals surface area contributed by atoms with E-state index in [9.17, 15) is 4.79 Å². The number of carbonyl (C=O) groups excluding carboxylic acids is 1. The Hall–Kier alpha value is -2.59. The van der Waals surface area contributed by atoms with Crippen LogP contribution in [0.2, 0.25) is 5.02 Å². The van der Waals surface area contributed by atoms with Gasteiger partial charge in [-0.1, -0.05) is 17.7 Å². The van der Waals surface area contributed by atoms with E-state index in [1.807, 2.05) is 0 Å². The molecule has 3 aromatic rings. The van der Waals surface area contributed by atoms with Gasteiger partial charge in [0.25, 0.3) is 0 Å². The van der Waals surface area contributed by atoms with Gasteiger partial charge in [0.15, 0.2) is 0 Å². The Kier molecular flexibility index (Phi) is 3.94. The summed E-state index contributed by atoms with van der Waals surface area (Å²) in [5.41, 5.74) is 1.12. The highest BCUT2D eigenvalue weighted by atomic mass is 35.5. The molecule has 0 unspecified atom stereocenters. The highest BCUT2D eigenvalue weighted by Crippen LogP contribution is 2.27. The average molecular weight is 314 g/mol. The predicted octanol–water partition coefficient (Wildman–Crippen LogP) is 4.12. The van der Waals surface area contributed by atoms with Crippen molar-refractivity contribution in [3.8, 4) is 11.5 Å². The molecule has 2 aromatic carbocycles. The number of esters is 1. The first kappa shape index (κ1) is 14.4. The number of carbonyl (C=O) groups is 1. The molecule has 0 bridgehead atoms. The molecule has 22 heavy (non-hydrogen) atoms. The van der Waals surface area contributed by atoms with Gasteiger partial charge < -0.3 is 9.47 Å². The minimum absolute atomic E-state index is 0.409. The maximum absolute atomic E-state index is 12.3. The quantitative estimate of drug-likeness (QED) is 0.683. The smallest absolute Gasteiger partial charge is 0.343 e. The van der Waals surface area contributed by atoms with Gasteiger partial charge in [-0.15, -0.1) is 0 Å². The Morgan fingerprint density at radius 3 is 2.82 bits per heavy atom. The van der Waals surface area contributed by atoms with E-state index in [-0.39, 0.29) is 0 Å². The van der Waals surface area contributed by atoms with E-state index >= 15 is 0 Å². The van der Waals surface area contributed by atoms with Gasteiger partial charge in [-0.05, 0) is 42.5 Å². The van der Waals surface area contributed by atoms with Crippen LogP contribution in [0.1, 0.15) is 10.4 Å². The molecule has 3 rings (SSSR count). The zero-order valence-corrected chi connectivity index (χ0v) is 12.5. The molecule has 110 valence electrons. The third-order valence-corrected chi connectivity index (χ3v) is 3.41. The topological polar surface area (TPSA) is 48.4 Å². The molecule has 0 saturated heterocycles. The molecular weight excluding hydrogens is 302 g/mol. The highest BCUT2D eigenvalue weighted by Gasteiger charge is 2.12. The van der Waals surface area contributed by atoms with Crippen molar-refractivity contribution in [1.29, 1.82) is 0 Å². The normalized spacial score (nSPS) is 10.5. The second-order valence-corrected chi connectivity index (χ2v) is 5.03. The fraction of sp³-hybridized carbons (Fsp3) is 0.0588. The summed E-state index contributed by atoms with van der Waals surface area (Å²) in [5.74, 6) is 0.545. The summed E-state index contributed by atoms with van der Waals surface area (Å²) in [7, 11) is 1.54. The SMILES string of the molecule is COc1cccc(C(=O)Oc2ccnc3ccc(Cl)cc23)c1. The summed E-state index contributed by atoms with van der Waals surface area (Å²) in [6, 6.07) is 13.7. The van der Waals surface area contributed by atoms with E-state index in [0.29, 0.717) is 33.0 Å². The number of nitrogens with zero attached hydrogens (tertiary/aromatic N) is 1. The molecule has 0 aliphatic carbocycles. The van der Waals surface area contributed by atoms with Crippen LogP contribution in [0.5, 0.6) is 11.5 Å². The highest BCUT2D eigenvalue weighted by molar-refractivity contribution is 6.31.